The molecule has 1 heterocycles. The number of halogens is 6. The second kappa shape index (κ2) is 7.32. The molecule has 0 amide bonds. The van der Waals surface area contributed by atoms with E-state index in [0.717, 1.165) is 11.0 Å². The van der Waals surface area contributed by atoms with E-state index >= 15 is 0 Å². The van der Waals surface area contributed by atoms with Gasteiger partial charge in [-0.3, -0.25) is 0 Å². The van der Waals surface area contributed by atoms with Crippen LogP contribution in [0.5, 0.6) is 5.75 Å². The van der Waals surface area contributed by atoms with Crippen LogP contribution in [0.1, 0.15) is 43.4 Å². The molecule has 2 rings (SSSR count). The van der Waals surface area contributed by atoms with Gasteiger partial charge in [-0.05, 0) is 35.9 Å². The number of ether oxygens (including phenoxy) is 1. The van der Waals surface area contributed by atoms with Gasteiger partial charge in [-0.2, -0.15) is 0 Å². The first-order valence-electron chi connectivity index (χ1n) is 7.67. The second-order valence-electron chi connectivity index (χ2n) is 5.66. The minimum atomic E-state index is -10.7. The Labute approximate surface area is 141 Å². The van der Waals surface area contributed by atoms with E-state index in [2.05, 4.69) is 31.2 Å². The molecule has 1 aromatic rings. The Kier molecular flexibility index (Phi) is 6.54. The van der Waals surface area contributed by atoms with Crippen molar-refractivity contribution in [2.45, 2.75) is 37.9 Å². The summed E-state index contributed by atoms with van der Waals surface area (Å²) in [6.45, 7) is 2.29. The molecule has 1 nitrogen and oxygen atoms in total. The number of benzene rings is 1. The average molecular weight is 396 g/mol. The van der Waals surface area contributed by atoms with E-state index < -0.39 is 7.81 Å². The zero-order valence-corrected chi connectivity index (χ0v) is 15.4. The summed E-state index contributed by atoms with van der Waals surface area (Å²) in [5.74, 6) is 3.87. The quantitative estimate of drug-likeness (QED) is 0.288. The van der Waals surface area contributed by atoms with Crippen molar-refractivity contribution >= 4 is 18.7 Å². The van der Waals surface area contributed by atoms with Crippen LogP contribution in [0.2, 0.25) is 0 Å². The predicted octanol–water partition coefficient (Wildman–Crippen LogP) is 7.33. The third-order valence-corrected chi connectivity index (χ3v) is 6.46. The first-order chi connectivity index (χ1) is 10.8. The topological polar surface area (TPSA) is 9.23 Å². The SMILES string of the molecule is CCCC[S+]1CCCC1c1ccc(OC)cc1.F[P-](F)(F)(F)(F)F. The summed E-state index contributed by atoms with van der Waals surface area (Å²) in [5.41, 5.74) is 1.53. The zero-order valence-electron chi connectivity index (χ0n) is 13.7. The third-order valence-electron chi connectivity index (χ3n) is 3.52. The zero-order chi connectivity index (χ0) is 18.5. The molecule has 9 heteroatoms. The van der Waals surface area contributed by atoms with Gasteiger partial charge in [0, 0.05) is 12.0 Å². The summed E-state index contributed by atoms with van der Waals surface area (Å²) in [4.78, 5) is 0. The Balaban J connectivity index is 0.000000351. The molecule has 2 atom stereocenters. The van der Waals surface area contributed by atoms with Crippen LogP contribution in [0.15, 0.2) is 24.3 Å². The van der Waals surface area contributed by atoms with Gasteiger partial charge in [-0.1, -0.05) is 25.5 Å². The van der Waals surface area contributed by atoms with Crippen LogP contribution in [0.3, 0.4) is 0 Å². The standard InChI is InChI=1S/C15H23OS.F6P/c1-3-4-11-17-12-5-6-15(17)13-7-9-14(16-2)10-8-13;1-7(2,3,4,5)6/h7-10,15H,3-6,11-12H2,1-2H3;/q+1;-1. The molecule has 0 aromatic heterocycles. The summed E-state index contributed by atoms with van der Waals surface area (Å²) in [5, 5.41) is 0.826. The van der Waals surface area contributed by atoms with Crippen molar-refractivity contribution < 1.29 is 29.9 Å². The fourth-order valence-electron chi connectivity index (χ4n) is 2.51. The molecule has 142 valence electrons. The van der Waals surface area contributed by atoms with Gasteiger partial charge < -0.3 is 4.74 Å². The van der Waals surface area contributed by atoms with Crippen molar-refractivity contribution in [3.05, 3.63) is 29.8 Å². The number of hydrogen-bond donors (Lipinski definition) is 0. The fraction of sp³-hybridized carbons (Fsp3) is 0.600. The third kappa shape index (κ3) is 10.3. The summed E-state index contributed by atoms with van der Waals surface area (Å²) in [7, 11) is -8.29. The molecule has 0 saturated carbocycles. The first kappa shape index (κ1) is 21.4. The van der Waals surface area contributed by atoms with E-state index in [4.69, 9.17) is 4.74 Å². The molecule has 24 heavy (non-hydrogen) atoms. The van der Waals surface area contributed by atoms with Crippen LogP contribution in [-0.2, 0) is 10.9 Å². The molecule has 1 aromatic carbocycles. The van der Waals surface area contributed by atoms with Crippen LogP contribution >= 0.6 is 7.81 Å². The molecular formula is C15H23F6OPS. The molecular weight excluding hydrogens is 373 g/mol. The van der Waals surface area contributed by atoms with E-state index in [-0.39, 0.29) is 0 Å². The Morgan fingerprint density at radius 2 is 1.62 bits per heavy atom. The van der Waals surface area contributed by atoms with Crippen molar-refractivity contribution in [2.75, 3.05) is 18.6 Å². The van der Waals surface area contributed by atoms with Gasteiger partial charge in [0.05, 0.1) is 7.11 Å². The molecule has 0 spiro atoms. The van der Waals surface area contributed by atoms with Gasteiger partial charge in [0.25, 0.3) is 0 Å². The van der Waals surface area contributed by atoms with Crippen LogP contribution in [0.4, 0.5) is 25.2 Å². The van der Waals surface area contributed by atoms with Crippen molar-refractivity contribution in [2.24, 2.45) is 0 Å². The predicted molar refractivity (Wildman–Crippen MR) is 90.5 cm³/mol. The molecule has 1 fully saturated rings. The van der Waals surface area contributed by atoms with E-state index in [1.807, 2.05) is 0 Å². The summed E-state index contributed by atoms with van der Waals surface area (Å²) in [6, 6.07) is 8.74. The van der Waals surface area contributed by atoms with E-state index in [1.165, 1.54) is 42.8 Å². The van der Waals surface area contributed by atoms with E-state index in [1.54, 1.807) is 7.11 Å². The normalized spacial score (nSPS) is 23.7. The first-order valence-corrected chi connectivity index (χ1v) is 11.3. The van der Waals surface area contributed by atoms with Crippen molar-refractivity contribution in [3.63, 3.8) is 0 Å². The Hall–Kier alpha value is -0.620. The Morgan fingerprint density at radius 3 is 2.08 bits per heavy atom. The molecule has 0 radical (unpaired) electrons. The Bertz CT molecular complexity index is 505. The molecule has 1 saturated heterocycles. The summed E-state index contributed by atoms with van der Waals surface area (Å²) >= 11 is 0. The van der Waals surface area contributed by atoms with Crippen LogP contribution in [0, 0.1) is 0 Å². The number of unbranched alkanes of at least 4 members (excludes halogenated alkanes) is 1. The van der Waals surface area contributed by atoms with Gasteiger partial charge in [0.1, 0.15) is 22.5 Å². The molecule has 1 aliphatic rings. The minimum absolute atomic E-state index is 0.635. The number of hydrogen-bond acceptors (Lipinski definition) is 1. The molecule has 0 aliphatic carbocycles. The molecule has 0 N–H and O–H groups in total. The maximum atomic E-state index is 9.87. The van der Waals surface area contributed by atoms with E-state index in [9.17, 15) is 25.2 Å². The summed E-state index contributed by atoms with van der Waals surface area (Å²) < 4.78 is 64.4. The maximum absolute atomic E-state index is 10.7. The van der Waals surface area contributed by atoms with E-state index in [0.29, 0.717) is 10.9 Å². The molecule has 1 aliphatic heterocycles. The Morgan fingerprint density at radius 1 is 1.08 bits per heavy atom. The number of rotatable bonds is 5. The van der Waals surface area contributed by atoms with Gasteiger partial charge >= 0.3 is 33.0 Å². The summed E-state index contributed by atoms with van der Waals surface area (Å²) in [6.07, 6.45) is 5.54. The van der Waals surface area contributed by atoms with Crippen molar-refractivity contribution in [1.29, 1.82) is 0 Å². The second-order valence-corrected chi connectivity index (χ2v) is 10.0. The van der Waals surface area contributed by atoms with Crippen LogP contribution in [0.25, 0.3) is 0 Å². The fourth-order valence-corrected chi connectivity index (χ4v) is 5.53. The molecule has 2 unspecified atom stereocenters. The monoisotopic (exact) mass is 396 g/mol. The van der Waals surface area contributed by atoms with Gasteiger partial charge in [-0.15, -0.1) is 0 Å². The van der Waals surface area contributed by atoms with Gasteiger partial charge in [0.15, 0.2) is 0 Å². The van der Waals surface area contributed by atoms with Crippen LogP contribution in [-0.4, -0.2) is 18.6 Å². The van der Waals surface area contributed by atoms with Gasteiger partial charge in [0.2, 0.25) is 0 Å². The van der Waals surface area contributed by atoms with Crippen molar-refractivity contribution in [1.82, 2.24) is 0 Å². The average Bonchev–Trinajstić information content (AvgIpc) is 2.90. The number of methoxy groups -OCH3 is 1. The van der Waals surface area contributed by atoms with Crippen molar-refractivity contribution in [3.8, 4) is 5.75 Å². The van der Waals surface area contributed by atoms with Crippen LogP contribution < -0.4 is 4.74 Å². The van der Waals surface area contributed by atoms with Gasteiger partial charge in [-0.25, -0.2) is 0 Å². The molecule has 0 bridgehead atoms.